The Morgan fingerprint density at radius 2 is 1.60 bits per heavy atom. The number of rotatable bonds is 6. The molecule has 9 unspecified atom stereocenters. The molecule has 0 aromatic heterocycles. The van der Waals surface area contributed by atoms with E-state index >= 15 is 0 Å². The minimum absolute atomic E-state index is 0.0307. The summed E-state index contributed by atoms with van der Waals surface area (Å²) >= 11 is 0. The summed E-state index contributed by atoms with van der Waals surface area (Å²) < 4.78 is 0. The van der Waals surface area contributed by atoms with Crippen LogP contribution in [-0.4, -0.2) is 29.4 Å². The Bertz CT molecular complexity index is 1460. The predicted molar refractivity (Wildman–Crippen MR) is 178 cm³/mol. The lowest BCUT2D eigenvalue weighted by Crippen LogP contribution is -2.66. The molecular weight excluding hydrogens is 560 g/mol. The van der Waals surface area contributed by atoms with Crippen molar-refractivity contribution in [1.29, 1.82) is 0 Å². The van der Waals surface area contributed by atoms with Crippen molar-refractivity contribution in [3.8, 4) is 0 Å². The van der Waals surface area contributed by atoms with Crippen LogP contribution in [0, 0.1) is 56.7 Å². The van der Waals surface area contributed by atoms with Crippen LogP contribution in [0.1, 0.15) is 115 Å². The number of hydrogen-bond donors (Lipinski definition) is 3. The number of nitrogens with one attached hydrogen (secondary N) is 1. The second kappa shape index (κ2) is 10.6. The first-order valence-electron chi connectivity index (χ1n) is 17.3. The van der Waals surface area contributed by atoms with Gasteiger partial charge in [-0.1, -0.05) is 65.0 Å². The van der Waals surface area contributed by atoms with Crippen LogP contribution in [0.25, 0.3) is 5.57 Å². The van der Waals surface area contributed by atoms with Gasteiger partial charge >= 0.3 is 5.97 Å². The largest absolute Gasteiger partial charge is 0.478 e. The lowest BCUT2D eigenvalue weighted by Gasteiger charge is -2.72. The fourth-order valence-corrected chi connectivity index (χ4v) is 12.8. The maximum Gasteiger partial charge on any atom is 0.335 e. The fourth-order valence-electron chi connectivity index (χ4n) is 12.8. The van der Waals surface area contributed by atoms with Crippen LogP contribution in [0.4, 0.5) is 0 Å². The van der Waals surface area contributed by atoms with E-state index in [0.29, 0.717) is 29.2 Å². The highest BCUT2D eigenvalue weighted by Crippen LogP contribution is 2.77. The van der Waals surface area contributed by atoms with Crippen LogP contribution < -0.4 is 11.1 Å². The van der Waals surface area contributed by atoms with Crippen LogP contribution >= 0.6 is 0 Å². The van der Waals surface area contributed by atoms with E-state index in [4.69, 9.17) is 5.73 Å². The normalized spacial score (nSPS) is 41.4. The summed E-state index contributed by atoms with van der Waals surface area (Å²) in [5.74, 6) is 0.765. The van der Waals surface area contributed by atoms with Gasteiger partial charge in [-0.25, -0.2) is 4.79 Å². The van der Waals surface area contributed by atoms with Crippen molar-refractivity contribution in [3.63, 3.8) is 0 Å². The van der Waals surface area contributed by atoms with Crippen LogP contribution in [0.5, 0.6) is 0 Å². The second-order valence-corrected chi connectivity index (χ2v) is 16.9. The molecule has 1 aromatic carbocycles. The van der Waals surface area contributed by atoms with Crippen molar-refractivity contribution in [1.82, 2.24) is 5.32 Å². The number of aromatic carboxylic acids is 1. The van der Waals surface area contributed by atoms with Crippen molar-refractivity contribution >= 4 is 23.4 Å². The Labute approximate surface area is 269 Å². The highest BCUT2D eigenvalue weighted by molar-refractivity contribution is 5.89. The van der Waals surface area contributed by atoms with Gasteiger partial charge in [0.05, 0.1) is 17.5 Å². The molecule has 2 amide bonds. The van der Waals surface area contributed by atoms with Gasteiger partial charge in [0.15, 0.2) is 0 Å². The van der Waals surface area contributed by atoms with Gasteiger partial charge in [0.2, 0.25) is 11.8 Å². The number of nitrogens with two attached hydrogens (primary N) is 1. The van der Waals surface area contributed by atoms with E-state index in [1.165, 1.54) is 30.4 Å². The molecule has 0 bridgehead atoms. The number of carbonyl (C=O) groups excluding carboxylic acids is 2. The molecule has 0 spiro atoms. The number of carbonyl (C=O) groups is 3. The van der Waals surface area contributed by atoms with E-state index in [9.17, 15) is 19.5 Å². The average Bonchev–Trinajstić information content (AvgIpc) is 3.37. The van der Waals surface area contributed by atoms with Gasteiger partial charge in [-0.2, -0.15) is 0 Å². The number of benzene rings is 1. The van der Waals surface area contributed by atoms with Gasteiger partial charge in [-0.3, -0.25) is 9.59 Å². The number of primary amides is 1. The molecule has 0 saturated heterocycles. The predicted octanol–water partition coefficient (Wildman–Crippen LogP) is 7.64. The molecule has 0 radical (unpaired) electrons. The molecule has 244 valence electrons. The molecule has 9 atom stereocenters. The fraction of sp³-hybridized carbons (Fsp3) is 0.667. The Kier molecular flexibility index (Phi) is 7.53. The smallest absolute Gasteiger partial charge is 0.335 e. The molecule has 4 saturated carbocycles. The summed E-state index contributed by atoms with van der Waals surface area (Å²) in [6.07, 6.45) is 11.9. The molecule has 5 aliphatic rings. The number of amides is 2. The minimum atomic E-state index is -0.889. The monoisotopic (exact) mass is 614 g/mol. The number of fused-ring (bicyclic) bond motifs is 7. The Morgan fingerprint density at radius 3 is 2.22 bits per heavy atom. The molecule has 1 aromatic rings. The van der Waals surface area contributed by atoms with E-state index in [1.54, 1.807) is 12.1 Å². The van der Waals surface area contributed by atoms with Crippen LogP contribution in [0.3, 0.4) is 0 Å². The number of hydrogen-bond acceptors (Lipinski definition) is 3. The maximum absolute atomic E-state index is 13.9. The molecule has 6 heteroatoms. The quantitative estimate of drug-likeness (QED) is 0.286. The highest BCUT2D eigenvalue weighted by Gasteiger charge is 2.71. The van der Waals surface area contributed by atoms with Gasteiger partial charge < -0.3 is 16.2 Å². The van der Waals surface area contributed by atoms with Crippen molar-refractivity contribution in [2.75, 3.05) is 6.54 Å². The Hall–Kier alpha value is -2.89. The van der Waals surface area contributed by atoms with Crippen molar-refractivity contribution in [2.45, 2.75) is 99.3 Å². The number of allylic oxidation sites excluding steroid dienone is 3. The summed E-state index contributed by atoms with van der Waals surface area (Å²) in [5.41, 5.74) is 9.41. The lowest BCUT2D eigenvalue weighted by atomic mass is 9.32. The summed E-state index contributed by atoms with van der Waals surface area (Å²) in [4.78, 5) is 37.1. The molecule has 4 fully saturated rings. The summed E-state index contributed by atoms with van der Waals surface area (Å²) in [7, 11) is 0. The third-order valence-electron chi connectivity index (χ3n) is 15.0. The van der Waals surface area contributed by atoms with Gasteiger partial charge in [-0.05, 0) is 139 Å². The number of carboxylic acid groups (broad SMARTS) is 1. The molecule has 5 aliphatic carbocycles. The van der Waals surface area contributed by atoms with Gasteiger partial charge in [0.1, 0.15) is 0 Å². The molecule has 4 N–H and O–H groups in total. The van der Waals surface area contributed by atoms with Crippen LogP contribution in [-0.2, 0) is 9.59 Å². The third kappa shape index (κ3) is 4.43. The lowest BCUT2D eigenvalue weighted by molar-refractivity contribution is -0.225. The van der Waals surface area contributed by atoms with Gasteiger partial charge in [-0.15, -0.1) is 0 Å². The molecule has 0 heterocycles. The van der Waals surface area contributed by atoms with E-state index < -0.39 is 17.3 Å². The average molecular weight is 615 g/mol. The number of carboxylic acids is 1. The highest BCUT2D eigenvalue weighted by atomic mass is 16.4. The second-order valence-electron chi connectivity index (χ2n) is 16.9. The summed E-state index contributed by atoms with van der Waals surface area (Å²) in [5, 5.41) is 12.4. The first kappa shape index (κ1) is 32.1. The Balaban J connectivity index is 1.35. The van der Waals surface area contributed by atoms with Crippen LogP contribution in [0.2, 0.25) is 0 Å². The zero-order valence-electron chi connectivity index (χ0n) is 28.3. The summed E-state index contributed by atoms with van der Waals surface area (Å²) in [6, 6.07) is 7.46. The first-order valence-corrected chi connectivity index (χ1v) is 17.3. The van der Waals surface area contributed by atoms with Crippen molar-refractivity contribution in [3.05, 3.63) is 53.6 Å². The zero-order chi connectivity index (χ0) is 32.7. The minimum Gasteiger partial charge on any atom is -0.478 e. The van der Waals surface area contributed by atoms with E-state index in [0.717, 1.165) is 44.1 Å². The van der Waals surface area contributed by atoms with Crippen molar-refractivity contribution in [2.24, 2.45) is 62.4 Å². The third-order valence-corrected chi connectivity index (χ3v) is 15.0. The zero-order valence-corrected chi connectivity index (χ0v) is 28.3. The molecule has 0 aliphatic heterocycles. The SMILES string of the molecule is C=C(C)C1CCC2(C(=O)NCC(N)=O)CCC3(C)C(CCC4C5(C)CC=C(c6ccc(C(=O)O)cc6)C(C)(C)C5CCC43C)C12. The topological polar surface area (TPSA) is 109 Å². The first-order chi connectivity index (χ1) is 21.0. The maximum atomic E-state index is 13.9. The molecular formula is C39H54N2O4. The standard InChI is InChI=1S/C39H54N2O4/c1-23(2)26-14-19-39(34(45)41-22-31(40)42)21-20-37(6)28(32(26)39)12-13-30-36(5)17-15-27(24-8-10-25(11-9-24)33(43)44)35(3,4)29(36)16-18-38(30,37)7/h8-11,15,26,28-30,32H,1,12-14,16-22H2,2-7H3,(H2,40,42)(H,41,45)(H,43,44). The Morgan fingerprint density at radius 1 is 0.911 bits per heavy atom. The molecule has 6 nitrogen and oxygen atoms in total. The van der Waals surface area contributed by atoms with E-state index in [-0.39, 0.29) is 40.0 Å². The van der Waals surface area contributed by atoms with Gasteiger partial charge in [0.25, 0.3) is 0 Å². The summed E-state index contributed by atoms with van der Waals surface area (Å²) in [6.45, 7) is 19.1. The van der Waals surface area contributed by atoms with Crippen LogP contribution in [0.15, 0.2) is 42.5 Å². The van der Waals surface area contributed by atoms with Crippen molar-refractivity contribution < 1.29 is 19.5 Å². The van der Waals surface area contributed by atoms with E-state index in [2.05, 4.69) is 59.5 Å². The van der Waals surface area contributed by atoms with E-state index in [1.807, 2.05) is 12.1 Å². The molecule has 45 heavy (non-hydrogen) atoms. The van der Waals surface area contributed by atoms with Gasteiger partial charge in [0, 0.05) is 0 Å². The molecule has 6 rings (SSSR count).